The fraction of sp³-hybridized carbons (Fsp3) is 0.385. The van der Waals surface area contributed by atoms with E-state index in [4.69, 9.17) is 10.2 Å². The van der Waals surface area contributed by atoms with Crippen molar-refractivity contribution in [3.8, 4) is 0 Å². The second-order valence-electron chi connectivity index (χ2n) is 4.58. The monoisotopic (exact) mass is 262 g/mol. The number of hydrogen-bond acceptors (Lipinski definition) is 4. The van der Waals surface area contributed by atoms with E-state index in [-0.39, 0.29) is 5.91 Å². The van der Waals surface area contributed by atoms with Gasteiger partial charge in [-0.25, -0.2) is 0 Å². The van der Waals surface area contributed by atoms with Gasteiger partial charge in [0, 0.05) is 24.7 Å². The maximum atomic E-state index is 12.2. The van der Waals surface area contributed by atoms with E-state index in [0.29, 0.717) is 23.7 Å². The van der Waals surface area contributed by atoms with Gasteiger partial charge in [-0.1, -0.05) is 0 Å². The summed E-state index contributed by atoms with van der Waals surface area (Å²) in [5, 5.41) is 6.86. The average molecular weight is 262 g/mol. The molecule has 3 N–H and O–H groups in total. The second-order valence-corrected chi connectivity index (χ2v) is 4.58. The van der Waals surface area contributed by atoms with Crippen molar-refractivity contribution < 1.29 is 9.21 Å². The fourth-order valence-corrected chi connectivity index (χ4v) is 2.02. The highest BCUT2D eigenvalue weighted by Gasteiger charge is 2.18. The third kappa shape index (κ3) is 2.33. The molecule has 0 saturated carbocycles. The van der Waals surface area contributed by atoms with Crippen molar-refractivity contribution in [1.82, 2.24) is 15.1 Å². The lowest BCUT2D eigenvalue weighted by Crippen LogP contribution is -2.24. The Hall–Kier alpha value is -2.24. The molecule has 2 aromatic rings. The van der Waals surface area contributed by atoms with E-state index in [1.54, 1.807) is 24.9 Å². The molecule has 19 heavy (non-hydrogen) atoms. The molecule has 0 bridgehead atoms. The van der Waals surface area contributed by atoms with Gasteiger partial charge < -0.3 is 15.5 Å². The van der Waals surface area contributed by atoms with Gasteiger partial charge in [0.2, 0.25) is 0 Å². The van der Waals surface area contributed by atoms with Gasteiger partial charge in [-0.3, -0.25) is 9.48 Å². The van der Waals surface area contributed by atoms with E-state index in [1.165, 1.54) is 0 Å². The highest BCUT2D eigenvalue weighted by molar-refractivity contribution is 5.96. The van der Waals surface area contributed by atoms with Crippen molar-refractivity contribution in [3.05, 3.63) is 34.4 Å². The number of amides is 1. The van der Waals surface area contributed by atoms with Crippen LogP contribution in [0.1, 0.15) is 33.0 Å². The molecule has 2 rings (SSSR count). The Labute approximate surface area is 111 Å². The number of anilines is 1. The quantitative estimate of drug-likeness (QED) is 0.876. The van der Waals surface area contributed by atoms with Crippen LogP contribution in [0.15, 0.2) is 10.6 Å². The minimum absolute atomic E-state index is 0.157. The lowest BCUT2D eigenvalue weighted by atomic mass is 10.1. The average Bonchev–Trinajstić information content (AvgIpc) is 2.79. The number of furan rings is 1. The van der Waals surface area contributed by atoms with Gasteiger partial charge in [0.1, 0.15) is 17.3 Å². The number of nitrogens with zero attached hydrogens (tertiary/aromatic N) is 2. The normalized spacial score (nSPS) is 10.7. The predicted molar refractivity (Wildman–Crippen MR) is 71.7 cm³/mol. The SMILES string of the molecule is Cc1oc(C)c(C(=O)NCc2cnn(C)c2N)c1C. The minimum atomic E-state index is -0.157. The summed E-state index contributed by atoms with van der Waals surface area (Å²) in [6, 6.07) is 0. The van der Waals surface area contributed by atoms with Crippen LogP contribution >= 0.6 is 0 Å². The van der Waals surface area contributed by atoms with Crippen LogP contribution in [-0.4, -0.2) is 15.7 Å². The van der Waals surface area contributed by atoms with E-state index in [2.05, 4.69) is 10.4 Å². The molecule has 0 atom stereocenters. The standard InChI is InChI=1S/C13H18N4O2/c1-7-8(2)19-9(3)11(7)13(18)15-5-10-6-16-17(4)12(10)14/h6H,5,14H2,1-4H3,(H,15,18). The van der Waals surface area contributed by atoms with Crippen molar-refractivity contribution in [2.24, 2.45) is 7.05 Å². The molecule has 0 aliphatic heterocycles. The van der Waals surface area contributed by atoms with Crippen molar-refractivity contribution in [1.29, 1.82) is 0 Å². The Morgan fingerprint density at radius 3 is 2.58 bits per heavy atom. The minimum Gasteiger partial charge on any atom is -0.466 e. The van der Waals surface area contributed by atoms with Crippen molar-refractivity contribution >= 4 is 11.7 Å². The summed E-state index contributed by atoms with van der Waals surface area (Å²) in [4.78, 5) is 12.2. The van der Waals surface area contributed by atoms with Gasteiger partial charge in [-0.15, -0.1) is 0 Å². The van der Waals surface area contributed by atoms with E-state index in [0.717, 1.165) is 16.9 Å². The molecule has 0 unspecified atom stereocenters. The van der Waals surface area contributed by atoms with E-state index < -0.39 is 0 Å². The molecule has 6 nitrogen and oxygen atoms in total. The number of aryl methyl sites for hydroxylation is 3. The number of aromatic nitrogens is 2. The maximum absolute atomic E-state index is 12.2. The Kier molecular flexibility index (Phi) is 3.33. The molecule has 2 heterocycles. The Balaban J connectivity index is 2.12. The number of carbonyl (C=O) groups excluding carboxylic acids is 1. The van der Waals surface area contributed by atoms with Crippen molar-refractivity contribution in [3.63, 3.8) is 0 Å². The first-order chi connectivity index (χ1) is 8.91. The number of nitrogens with two attached hydrogens (primary N) is 1. The number of hydrogen-bond donors (Lipinski definition) is 2. The van der Waals surface area contributed by atoms with Crippen LogP contribution in [0.3, 0.4) is 0 Å². The molecule has 0 aliphatic rings. The van der Waals surface area contributed by atoms with Crippen LogP contribution < -0.4 is 11.1 Å². The molecule has 0 aromatic carbocycles. The number of nitrogen functional groups attached to an aromatic ring is 1. The van der Waals surface area contributed by atoms with Crippen LogP contribution in [0.2, 0.25) is 0 Å². The Morgan fingerprint density at radius 2 is 2.11 bits per heavy atom. The summed E-state index contributed by atoms with van der Waals surface area (Å²) in [7, 11) is 1.76. The third-order valence-electron chi connectivity index (χ3n) is 3.29. The largest absolute Gasteiger partial charge is 0.466 e. The molecule has 1 amide bonds. The molecule has 0 fully saturated rings. The van der Waals surface area contributed by atoms with E-state index in [9.17, 15) is 4.79 Å². The smallest absolute Gasteiger partial charge is 0.255 e. The van der Waals surface area contributed by atoms with Crippen LogP contribution in [0.25, 0.3) is 0 Å². The van der Waals surface area contributed by atoms with Gasteiger partial charge in [-0.05, 0) is 20.8 Å². The van der Waals surface area contributed by atoms with Crippen molar-refractivity contribution in [2.45, 2.75) is 27.3 Å². The molecule has 0 radical (unpaired) electrons. The van der Waals surface area contributed by atoms with Crippen LogP contribution in [0, 0.1) is 20.8 Å². The predicted octanol–water partition coefficient (Wildman–Crippen LogP) is 1.45. The lowest BCUT2D eigenvalue weighted by molar-refractivity contribution is 0.0949. The number of carbonyl (C=O) groups is 1. The molecule has 0 spiro atoms. The first-order valence-corrected chi connectivity index (χ1v) is 6.03. The van der Waals surface area contributed by atoms with E-state index in [1.807, 2.05) is 13.8 Å². The highest BCUT2D eigenvalue weighted by Crippen LogP contribution is 2.20. The van der Waals surface area contributed by atoms with Crippen LogP contribution in [0.4, 0.5) is 5.82 Å². The van der Waals surface area contributed by atoms with Crippen molar-refractivity contribution in [2.75, 3.05) is 5.73 Å². The number of nitrogens with one attached hydrogen (secondary N) is 1. The molecule has 6 heteroatoms. The summed E-state index contributed by atoms with van der Waals surface area (Å²) < 4.78 is 7.01. The first kappa shape index (κ1) is 13.2. The number of rotatable bonds is 3. The fourth-order valence-electron chi connectivity index (χ4n) is 2.02. The van der Waals surface area contributed by atoms with Gasteiger partial charge in [0.15, 0.2) is 0 Å². The van der Waals surface area contributed by atoms with Gasteiger partial charge in [-0.2, -0.15) is 5.10 Å². The highest BCUT2D eigenvalue weighted by atomic mass is 16.3. The zero-order valence-electron chi connectivity index (χ0n) is 11.6. The summed E-state index contributed by atoms with van der Waals surface area (Å²) in [5.41, 5.74) is 8.09. The summed E-state index contributed by atoms with van der Waals surface area (Å²) in [6.45, 7) is 5.85. The lowest BCUT2D eigenvalue weighted by Gasteiger charge is -2.05. The zero-order valence-corrected chi connectivity index (χ0v) is 11.6. The molecule has 2 aromatic heterocycles. The van der Waals surface area contributed by atoms with E-state index >= 15 is 0 Å². The first-order valence-electron chi connectivity index (χ1n) is 6.03. The third-order valence-corrected chi connectivity index (χ3v) is 3.29. The second kappa shape index (κ2) is 4.79. The van der Waals surface area contributed by atoms with Gasteiger partial charge in [0.25, 0.3) is 5.91 Å². The van der Waals surface area contributed by atoms with Crippen LogP contribution in [-0.2, 0) is 13.6 Å². The summed E-state index contributed by atoms with van der Waals surface area (Å²) >= 11 is 0. The van der Waals surface area contributed by atoms with Gasteiger partial charge >= 0.3 is 0 Å². The summed E-state index contributed by atoms with van der Waals surface area (Å²) in [6.07, 6.45) is 1.65. The Morgan fingerprint density at radius 1 is 1.42 bits per heavy atom. The van der Waals surface area contributed by atoms with Crippen LogP contribution in [0.5, 0.6) is 0 Å². The molecular formula is C13H18N4O2. The topological polar surface area (TPSA) is 86.1 Å². The summed E-state index contributed by atoms with van der Waals surface area (Å²) in [5.74, 6) is 1.79. The molecule has 102 valence electrons. The molecule has 0 saturated heterocycles. The molecule has 0 aliphatic carbocycles. The van der Waals surface area contributed by atoms with Gasteiger partial charge in [0.05, 0.1) is 11.8 Å². The Bertz CT molecular complexity index is 625. The zero-order chi connectivity index (χ0) is 14.2. The maximum Gasteiger partial charge on any atom is 0.255 e. The molecular weight excluding hydrogens is 244 g/mol.